The maximum atomic E-state index is 15.9. The molecule has 15 heteroatoms. The average Bonchev–Trinajstić information content (AvgIpc) is 2.94. The molecule has 44 heavy (non-hydrogen) atoms. The van der Waals surface area contributed by atoms with Gasteiger partial charge in [-0.1, -0.05) is 11.6 Å². The van der Waals surface area contributed by atoms with Gasteiger partial charge in [0.1, 0.15) is 11.5 Å². The van der Waals surface area contributed by atoms with Crippen LogP contribution >= 0.6 is 11.6 Å². The summed E-state index contributed by atoms with van der Waals surface area (Å²) in [6, 6.07) is 8.04. The van der Waals surface area contributed by atoms with E-state index in [2.05, 4.69) is 4.72 Å². The number of hydrogen-bond donors (Lipinski definition) is 1. The Balaban J connectivity index is 2.49. The molecule has 1 heterocycles. The lowest BCUT2D eigenvalue weighted by molar-refractivity contribution is 0.103. The van der Waals surface area contributed by atoms with Crippen LogP contribution in [0.15, 0.2) is 53.5 Å². The minimum absolute atomic E-state index is 0.0490. The van der Waals surface area contributed by atoms with E-state index < -0.39 is 76.2 Å². The van der Waals surface area contributed by atoms with Crippen molar-refractivity contribution >= 4 is 54.1 Å². The summed E-state index contributed by atoms with van der Waals surface area (Å²) in [6.07, 6.45) is 1.37. The van der Waals surface area contributed by atoms with Crippen LogP contribution in [0.1, 0.15) is 69.1 Å². The molecule has 0 saturated carbocycles. The van der Waals surface area contributed by atoms with E-state index >= 15 is 4.39 Å². The predicted molar refractivity (Wildman–Crippen MR) is 173 cm³/mol. The first-order valence-electron chi connectivity index (χ1n) is 13.5. The van der Waals surface area contributed by atoms with E-state index in [9.17, 15) is 30.6 Å². The third-order valence-electron chi connectivity index (χ3n) is 6.73. The van der Waals surface area contributed by atoms with Gasteiger partial charge in [-0.2, -0.15) is 3.71 Å². The van der Waals surface area contributed by atoms with Gasteiger partial charge in [-0.05, 0) is 89.1 Å². The first-order valence-corrected chi connectivity index (χ1v) is 18.3. The van der Waals surface area contributed by atoms with Crippen LogP contribution < -0.4 is 14.0 Å². The Morgan fingerprint density at radius 3 is 2.07 bits per heavy atom. The van der Waals surface area contributed by atoms with Gasteiger partial charge in [0.25, 0.3) is 5.56 Å². The molecule has 1 N–H and O–H groups in total. The Kier molecular flexibility index (Phi) is 10.7. The monoisotopic (exact) mass is 687 g/mol. The molecule has 0 unspecified atom stereocenters. The summed E-state index contributed by atoms with van der Waals surface area (Å²) in [4.78, 5) is 26.6. The second kappa shape index (κ2) is 13.2. The number of aromatic nitrogens is 1. The van der Waals surface area contributed by atoms with Crippen molar-refractivity contribution in [1.82, 2.24) is 9.29 Å². The fourth-order valence-electron chi connectivity index (χ4n) is 4.20. The number of halogens is 2. The molecule has 0 amide bonds. The number of aryl methyl sites for hydroxylation is 1. The largest absolute Gasteiger partial charge is 0.318 e. The Hall–Kier alpha value is -2.91. The third kappa shape index (κ3) is 7.48. The highest BCUT2D eigenvalue weighted by Crippen LogP contribution is 2.38. The van der Waals surface area contributed by atoms with Gasteiger partial charge in [-0.25, -0.2) is 30.2 Å². The minimum atomic E-state index is -4.57. The molecule has 0 aliphatic carbocycles. The van der Waals surface area contributed by atoms with Crippen molar-refractivity contribution in [2.75, 3.05) is 15.2 Å². The summed E-state index contributed by atoms with van der Waals surface area (Å²) in [5.74, 6) is -3.26. The van der Waals surface area contributed by atoms with Crippen molar-refractivity contribution in [1.29, 1.82) is 0 Å². The molecule has 3 aromatic rings. The Morgan fingerprint density at radius 1 is 1.02 bits per heavy atom. The van der Waals surface area contributed by atoms with Crippen molar-refractivity contribution in [2.24, 2.45) is 7.05 Å². The lowest BCUT2D eigenvalue weighted by Crippen LogP contribution is -2.39. The van der Waals surface area contributed by atoms with Gasteiger partial charge in [0.2, 0.25) is 20.0 Å². The predicted octanol–water partition coefficient (Wildman–Crippen LogP) is 4.69. The van der Waals surface area contributed by atoms with Crippen LogP contribution in [-0.4, -0.2) is 47.6 Å². The fourth-order valence-corrected chi connectivity index (χ4v) is 8.50. The molecule has 0 aliphatic heterocycles. The number of anilines is 1. The number of sulfonamides is 2. The first kappa shape index (κ1) is 35.6. The standard InChI is InChI=1S/C29H35ClFN3O7S3/c1-8-43(38,39)34(44(40,41)9-2)26-15-22(23(14-25(26)31)28(36)19-10-12-20(30)13-11-19)24-17-33(7)27(35)16-21(24)18(3)32-42(37)29(4,5)6/h10-18,32H,8-9H2,1-7H3/t18-,42-/m0/s1. The molecular weight excluding hydrogens is 653 g/mol. The van der Waals surface area contributed by atoms with Crippen LogP contribution in [0.3, 0.4) is 0 Å². The highest BCUT2D eigenvalue weighted by atomic mass is 35.5. The Morgan fingerprint density at radius 2 is 1.57 bits per heavy atom. The van der Waals surface area contributed by atoms with Crippen LogP contribution in [-0.2, 0) is 38.1 Å². The van der Waals surface area contributed by atoms with E-state index in [1.54, 1.807) is 27.7 Å². The highest BCUT2D eigenvalue weighted by Gasteiger charge is 2.36. The molecule has 0 bridgehead atoms. The smallest absolute Gasteiger partial charge is 0.250 e. The summed E-state index contributed by atoms with van der Waals surface area (Å²) in [5, 5.41) is 0.348. The Bertz CT molecular complexity index is 1850. The molecular formula is C29H35ClFN3O7S3. The number of hydrogen-bond acceptors (Lipinski definition) is 7. The average molecular weight is 688 g/mol. The first-order chi connectivity index (χ1) is 20.2. The van der Waals surface area contributed by atoms with E-state index in [0.717, 1.165) is 12.1 Å². The van der Waals surface area contributed by atoms with Crippen molar-refractivity contribution in [3.05, 3.63) is 86.5 Å². The van der Waals surface area contributed by atoms with E-state index in [4.69, 9.17) is 11.6 Å². The second-order valence-corrected chi connectivity index (χ2v) is 17.9. The molecule has 0 radical (unpaired) electrons. The van der Waals surface area contributed by atoms with Gasteiger partial charge in [-0.15, -0.1) is 0 Å². The van der Waals surface area contributed by atoms with Gasteiger partial charge in [0.15, 0.2) is 5.78 Å². The zero-order valence-electron chi connectivity index (χ0n) is 25.3. The normalized spacial score (nSPS) is 13.8. The van der Waals surface area contributed by atoms with Crippen molar-refractivity contribution < 1.29 is 30.2 Å². The van der Waals surface area contributed by atoms with Gasteiger partial charge in [0.05, 0.1) is 27.2 Å². The Labute approximate surface area is 264 Å². The minimum Gasteiger partial charge on any atom is -0.318 e. The molecule has 240 valence electrons. The summed E-state index contributed by atoms with van der Waals surface area (Å²) >= 11 is 5.99. The molecule has 1 aromatic heterocycles. The lowest BCUT2D eigenvalue weighted by Gasteiger charge is -2.26. The maximum Gasteiger partial charge on any atom is 0.250 e. The van der Waals surface area contributed by atoms with E-state index in [0.29, 0.717) is 5.02 Å². The van der Waals surface area contributed by atoms with Crippen molar-refractivity contribution in [3.8, 4) is 11.1 Å². The molecule has 0 aliphatic rings. The zero-order chi connectivity index (χ0) is 33.4. The van der Waals surface area contributed by atoms with Crippen LogP contribution in [0, 0.1) is 5.82 Å². The van der Waals surface area contributed by atoms with E-state index in [-0.39, 0.29) is 31.5 Å². The molecule has 0 spiro atoms. The molecule has 3 rings (SSSR count). The number of pyridine rings is 1. The van der Waals surface area contributed by atoms with Gasteiger partial charge < -0.3 is 4.57 Å². The molecule has 0 fully saturated rings. The van der Waals surface area contributed by atoms with Gasteiger partial charge in [-0.3, -0.25) is 9.59 Å². The van der Waals surface area contributed by atoms with Crippen molar-refractivity contribution in [3.63, 3.8) is 0 Å². The molecule has 0 saturated heterocycles. The molecule has 2 aromatic carbocycles. The van der Waals surface area contributed by atoms with E-state index in [1.807, 2.05) is 0 Å². The summed E-state index contributed by atoms with van der Waals surface area (Å²) in [6.45, 7) is 9.33. The molecule has 2 atom stereocenters. The summed E-state index contributed by atoms with van der Waals surface area (Å²) in [5.41, 5.74) is -0.986. The number of ketones is 1. The van der Waals surface area contributed by atoms with Crippen LogP contribution in [0.4, 0.5) is 10.1 Å². The SMILES string of the molecule is CCS(=O)(=O)N(c1cc(-c2cn(C)c(=O)cc2[C@H](C)N[S@@](=O)C(C)(C)C)c(C(=O)c2ccc(Cl)cc2)cc1F)S(=O)(=O)CC. The zero-order valence-corrected chi connectivity index (χ0v) is 28.5. The topological polar surface area (TPSA) is 140 Å². The van der Waals surface area contributed by atoms with Gasteiger partial charge >= 0.3 is 0 Å². The maximum absolute atomic E-state index is 15.9. The number of carbonyl (C=O) groups excluding carboxylic acids is 1. The third-order valence-corrected chi connectivity index (χ3v) is 12.9. The molecule has 10 nitrogen and oxygen atoms in total. The lowest BCUT2D eigenvalue weighted by atomic mass is 9.90. The van der Waals surface area contributed by atoms with Gasteiger partial charge in [0, 0.05) is 47.1 Å². The highest BCUT2D eigenvalue weighted by molar-refractivity contribution is 8.10. The number of carbonyl (C=O) groups is 1. The fraction of sp³-hybridized carbons (Fsp3) is 0.379. The van der Waals surface area contributed by atoms with E-state index in [1.165, 1.54) is 62.0 Å². The van der Waals surface area contributed by atoms with Crippen LogP contribution in [0.25, 0.3) is 11.1 Å². The summed E-state index contributed by atoms with van der Waals surface area (Å²) < 4.78 is 84.7. The summed E-state index contributed by atoms with van der Waals surface area (Å²) in [7, 11) is -9.29. The van der Waals surface area contributed by atoms with Crippen molar-refractivity contribution in [2.45, 2.75) is 52.3 Å². The van der Waals surface area contributed by atoms with Crippen LogP contribution in [0.2, 0.25) is 5.02 Å². The number of nitrogens with zero attached hydrogens (tertiary/aromatic N) is 2. The number of rotatable bonds is 11. The number of benzene rings is 2. The quantitative estimate of drug-likeness (QED) is 0.289. The van der Waals surface area contributed by atoms with Crippen LogP contribution in [0.5, 0.6) is 0 Å². The number of nitrogens with one attached hydrogen (secondary N) is 1. The second-order valence-electron chi connectivity index (χ2n) is 11.0.